The van der Waals surface area contributed by atoms with E-state index in [-0.39, 0.29) is 24.9 Å². The first-order valence-corrected chi connectivity index (χ1v) is 7.50. The molecule has 0 saturated carbocycles. The van der Waals surface area contributed by atoms with Crippen molar-refractivity contribution < 1.29 is 9.59 Å². The van der Waals surface area contributed by atoms with Crippen molar-refractivity contribution in [3.05, 3.63) is 29.8 Å². The Morgan fingerprint density at radius 3 is 2.33 bits per heavy atom. The summed E-state index contributed by atoms with van der Waals surface area (Å²) >= 11 is 0. The molecule has 1 unspecified atom stereocenters. The number of rotatable bonds is 2. The molecular formula is C16H21N3O2. The smallest absolute Gasteiger partial charge is 0.248 e. The van der Waals surface area contributed by atoms with Gasteiger partial charge in [-0.3, -0.25) is 14.5 Å². The van der Waals surface area contributed by atoms with E-state index in [4.69, 9.17) is 0 Å². The lowest BCUT2D eigenvalue weighted by Crippen LogP contribution is -2.52. The maximum atomic E-state index is 11.8. The van der Waals surface area contributed by atoms with Crippen LogP contribution in [0.25, 0.3) is 0 Å². The Labute approximate surface area is 124 Å². The minimum absolute atomic E-state index is 0.146. The molecule has 21 heavy (non-hydrogen) atoms. The van der Waals surface area contributed by atoms with Crippen LogP contribution in [0.15, 0.2) is 24.3 Å². The molecule has 0 spiro atoms. The zero-order valence-electron chi connectivity index (χ0n) is 12.3. The lowest BCUT2D eigenvalue weighted by molar-refractivity contribution is -0.143. The number of benzene rings is 1. The molecule has 0 bridgehead atoms. The Hall–Kier alpha value is -1.88. The standard InChI is InChI=1S/C16H21N3O2/c1-18-15(20)10-19(11-16(18)21)14-6-4-12(5-7-14)13-3-2-8-17-9-13/h4-7,13,17H,2-3,8-11H2,1H3. The molecule has 1 aromatic carbocycles. The molecule has 1 N–H and O–H groups in total. The zero-order valence-corrected chi connectivity index (χ0v) is 12.3. The first-order chi connectivity index (χ1) is 10.1. The third-order valence-electron chi connectivity index (χ3n) is 4.43. The van der Waals surface area contributed by atoms with E-state index in [0.29, 0.717) is 5.92 Å². The fourth-order valence-electron chi connectivity index (χ4n) is 3.01. The summed E-state index contributed by atoms with van der Waals surface area (Å²) in [4.78, 5) is 26.6. The quantitative estimate of drug-likeness (QED) is 0.823. The van der Waals surface area contributed by atoms with Crippen LogP contribution in [-0.4, -0.2) is 49.9 Å². The fourth-order valence-corrected chi connectivity index (χ4v) is 3.01. The molecule has 2 aliphatic heterocycles. The summed E-state index contributed by atoms with van der Waals surface area (Å²) in [5, 5.41) is 3.42. The number of amides is 2. The molecule has 5 nitrogen and oxygen atoms in total. The van der Waals surface area contributed by atoms with E-state index in [1.165, 1.54) is 23.3 Å². The largest absolute Gasteiger partial charge is 0.353 e. The third-order valence-corrected chi connectivity index (χ3v) is 4.43. The molecule has 0 aliphatic carbocycles. The molecule has 2 aliphatic rings. The van der Waals surface area contributed by atoms with Crippen molar-refractivity contribution in [1.29, 1.82) is 0 Å². The number of imide groups is 1. The summed E-state index contributed by atoms with van der Waals surface area (Å²) in [6, 6.07) is 8.30. The minimum atomic E-state index is -0.146. The maximum absolute atomic E-state index is 11.8. The summed E-state index contributed by atoms with van der Waals surface area (Å²) in [6.07, 6.45) is 2.44. The Kier molecular flexibility index (Phi) is 3.92. The number of nitrogens with one attached hydrogen (secondary N) is 1. The molecule has 2 heterocycles. The van der Waals surface area contributed by atoms with Gasteiger partial charge in [0.2, 0.25) is 11.8 Å². The highest BCUT2D eigenvalue weighted by molar-refractivity contribution is 6.02. The molecular weight excluding hydrogens is 266 g/mol. The van der Waals surface area contributed by atoms with E-state index in [2.05, 4.69) is 17.4 Å². The molecule has 0 aromatic heterocycles. The van der Waals surface area contributed by atoms with E-state index in [9.17, 15) is 9.59 Å². The summed E-state index contributed by atoms with van der Waals surface area (Å²) in [6.45, 7) is 2.68. The Morgan fingerprint density at radius 1 is 1.10 bits per heavy atom. The Bertz CT molecular complexity index is 517. The number of piperidine rings is 1. The van der Waals surface area contributed by atoms with Crippen LogP contribution in [0.3, 0.4) is 0 Å². The minimum Gasteiger partial charge on any atom is -0.353 e. The normalized spacial score (nSPS) is 23.6. The van der Waals surface area contributed by atoms with E-state index in [1.807, 2.05) is 17.0 Å². The highest BCUT2D eigenvalue weighted by Gasteiger charge is 2.28. The lowest BCUT2D eigenvalue weighted by atomic mass is 9.91. The van der Waals surface area contributed by atoms with Crippen LogP contribution in [0.2, 0.25) is 0 Å². The van der Waals surface area contributed by atoms with Gasteiger partial charge in [0, 0.05) is 19.3 Å². The zero-order chi connectivity index (χ0) is 14.8. The molecule has 1 aromatic rings. The van der Waals surface area contributed by atoms with Crippen LogP contribution >= 0.6 is 0 Å². The molecule has 3 rings (SSSR count). The second kappa shape index (κ2) is 5.85. The topological polar surface area (TPSA) is 52.7 Å². The molecule has 2 fully saturated rings. The summed E-state index contributed by atoms with van der Waals surface area (Å²) in [5.74, 6) is 0.280. The van der Waals surface area contributed by atoms with Gasteiger partial charge < -0.3 is 10.2 Å². The number of hydrogen-bond donors (Lipinski definition) is 1. The van der Waals surface area contributed by atoms with Gasteiger partial charge in [-0.25, -0.2) is 0 Å². The van der Waals surface area contributed by atoms with Crippen molar-refractivity contribution >= 4 is 17.5 Å². The van der Waals surface area contributed by atoms with Crippen LogP contribution < -0.4 is 10.2 Å². The number of carbonyl (C=O) groups is 2. The number of nitrogens with zero attached hydrogens (tertiary/aromatic N) is 2. The van der Waals surface area contributed by atoms with Crippen molar-refractivity contribution in [1.82, 2.24) is 10.2 Å². The van der Waals surface area contributed by atoms with Crippen LogP contribution in [0.4, 0.5) is 5.69 Å². The highest BCUT2D eigenvalue weighted by Crippen LogP contribution is 2.26. The number of likely N-dealkylation sites (N-methyl/N-ethyl adjacent to an activating group) is 1. The van der Waals surface area contributed by atoms with Gasteiger partial charge >= 0.3 is 0 Å². The Balaban J connectivity index is 1.72. The number of hydrogen-bond acceptors (Lipinski definition) is 4. The van der Waals surface area contributed by atoms with Crippen molar-refractivity contribution in [2.75, 3.05) is 38.1 Å². The highest BCUT2D eigenvalue weighted by atomic mass is 16.2. The molecule has 0 radical (unpaired) electrons. The van der Waals surface area contributed by atoms with Gasteiger partial charge in [-0.05, 0) is 43.0 Å². The second-order valence-corrected chi connectivity index (χ2v) is 5.84. The first kappa shape index (κ1) is 14.1. The SMILES string of the molecule is CN1C(=O)CN(c2ccc(C3CCCNC3)cc2)CC1=O. The average Bonchev–Trinajstić information content (AvgIpc) is 2.53. The summed E-state index contributed by atoms with van der Waals surface area (Å²) < 4.78 is 0. The summed E-state index contributed by atoms with van der Waals surface area (Å²) in [5.41, 5.74) is 2.27. The van der Waals surface area contributed by atoms with Gasteiger partial charge in [-0.15, -0.1) is 0 Å². The second-order valence-electron chi connectivity index (χ2n) is 5.84. The number of anilines is 1. The predicted molar refractivity (Wildman–Crippen MR) is 81.3 cm³/mol. The van der Waals surface area contributed by atoms with Crippen molar-refractivity contribution in [2.45, 2.75) is 18.8 Å². The van der Waals surface area contributed by atoms with Crippen LogP contribution in [0.5, 0.6) is 0 Å². The molecule has 2 amide bonds. The van der Waals surface area contributed by atoms with Gasteiger partial charge in [0.1, 0.15) is 0 Å². The van der Waals surface area contributed by atoms with E-state index < -0.39 is 0 Å². The van der Waals surface area contributed by atoms with Gasteiger partial charge in [-0.1, -0.05) is 12.1 Å². The Morgan fingerprint density at radius 2 is 1.76 bits per heavy atom. The van der Waals surface area contributed by atoms with E-state index >= 15 is 0 Å². The fraction of sp³-hybridized carbons (Fsp3) is 0.500. The molecule has 1 atom stereocenters. The van der Waals surface area contributed by atoms with Crippen molar-refractivity contribution in [2.24, 2.45) is 0 Å². The third kappa shape index (κ3) is 2.93. The molecule has 2 saturated heterocycles. The lowest BCUT2D eigenvalue weighted by Gasteiger charge is -2.32. The predicted octanol–water partition coefficient (Wildman–Crippen LogP) is 0.959. The van der Waals surface area contributed by atoms with E-state index in [0.717, 1.165) is 18.8 Å². The number of carbonyl (C=O) groups excluding carboxylic acids is 2. The summed E-state index contributed by atoms with van der Waals surface area (Å²) in [7, 11) is 1.54. The first-order valence-electron chi connectivity index (χ1n) is 7.50. The van der Waals surface area contributed by atoms with Crippen LogP contribution in [0, 0.1) is 0 Å². The van der Waals surface area contributed by atoms with Gasteiger partial charge in [0.15, 0.2) is 0 Å². The van der Waals surface area contributed by atoms with E-state index in [1.54, 1.807) is 7.05 Å². The number of piperazine rings is 1. The van der Waals surface area contributed by atoms with Crippen molar-refractivity contribution in [3.8, 4) is 0 Å². The monoisotopic (exact) mass is 287 g/mol. The molecule has 112 valence electrons. The van der Waals surface area contributed by atoms with Crippen molar-refractivity contribution in [3.63, 3.8) is 0 Å². The van der Waals surface area contributed by atoms with Gasteiger partial charge in [0.25, 0.3) is 0 Å². The average molecular weight is 287 g/mol. The van der Waals surface area contributed by atoms with Crippen LogP contribution in [-0.2, 0) is 9.59 Å². The van der Waals surface area contributed by atoms with Gasteiger partial charge in [0.05, 0.1) is 13.1 Å². The maximum Gasteiger partial charge on any atom is 0.248 e. The van der Waals surface area contributed by atoms with Crippen LogP contribution in [0.1, 0.15) is 24.3 Å². The molecule has 5 heteroatoms. The van der Waals surface area contributed by atoms with Gasteiger partial charge in [-0.2, -0.15) is 0 Å².